The van der Waals surface area contributed by atoms with Crippen LogP contribution in [0.4, 0.5) is 0 Å². The maximum absolute atomic E-state index is 12.9. The molecule has 7 heteroatoms. The van der Waals surface area contributed by atoms with Crippen LogP contribution >= 0.6 is 0 Å². The summed E-state index contributed by atoms with van der Waals surface area (Å²) >= 11 is 0. The summed E-state index contributed by atoms with van der Waals surface area (Å²) < 4.78 is 1.55. The topological polar surface area (TPSA) is 96.2 Å². The van der Waals surface area contributed by atoms with Gasteiger partial charge in [-0.3, -0.25) is 9.36 Å². The molecule has 0 spiro atoms. The van der Waals surface area contributed by atoms with Gasteiger partial charge in [-0.2, -0.15) is 0 Å². The van der Waals surface area contributed by atoms with E-state index in [0.717, 1.165) is 11.1 Å². The second-order valence-electron chi connectivity index (χ2n) is 6.75. The Balaban J connectivity index is 1.75. The first kappa shape index (κ1) is 18.5. The van der Waals surface area contributed by atoms with Crippen molar-refractivity contribution >= 4 is 16.9 Å². The van der Waals surface area contributed by atoms with E-state index in [0.29, 0.717) is 29.0 Å². The third kappa shape index (κ3) is 3.50. The molecule has 2 aromatic carbocycles. The van der Waals surface area contributed by atoms with Gasteiger partial charge < -0.3 is 15.7 Å². The molecule has 7 nitrogen and oxygen atoms in total. The number of carboxylic acid groups (broad SMARTS) is 1. The third-order valence-corrected chi connectivity index (χ3v) is 4.90. The number of allylic oxidation sites excluding steroid dienone is 2. The molecular weight excluding hydrogens is 368 g/mol. The van der Waals surface area contributed by atoms with Crippen molar-refractivity contribution in [3.8, 4) is 11.4 Å². The predicted molar refractivity (Wildman–Crippen MR) is 111 cm³/mol. The molecule has 0 saturated heterocycles. The van der Waals surface area contributed by atoms with E-state index in [-0.39, 0.29) is 5.56 Å². The highest BCUT2D eigenvalue weighted by Crippen LogP contribution is 2.20. The number of aromatic nitrogens is 2. The molecule has 3 aromatic rings. The van der Waals surface area contributed by atoms with E-state index in [1.54, 1.807) is 36.0 Å². The lowest BCUT2D eigenvalue weighted by molar-refractivity contribution is -0.138. The monoisotopic (exact) mass is 388 g/mol. The predicted octanol–water partition coefficient (Wildman–Crippen LogP) is 2.14. The van der Waals surface area contributed by atoms with Crippen molar-refractivity contribution in [3.63, 3.8) is 0 Å². The Morgan fingerprint density at radius 3 is 2.76 bits per heavy atom. The summed E-state index contributed by atoms with van der Waals surface area (Å²) in [6.45, 7) is 0.344. The van der Waals surface area contributed by atoms with Crippen LogP contribution in [0.15, 0.2) is 77.4 Å². The number of hydrogen-bond acceptors (Lipinski definition) is 5. The van der Waals surface area contributed by atoms with E-state index in [1.807, 2.05) is 42.5 Å². The Hall–Kier alpha value is -3.87. The lowest BCUT2D eigenvalue weighted by Crippen LogP contribution is -2.41. The number of hydrogen-bond donors (Lipinski definition) is 3. The Morgan fingerprint density at radius 1 is 1.21 bits per heavy atom. The number of para-hydroxylation sites is 1. The highest BCUT2D eigenvalue weighted by Gasteiger charge is 2.22. The molecule has 0 aliphatic carbocycles. The van der Waals surface area contributed by atoms with E-state index in [4.69, 9.17) is 4.98 Å². The number of dihydropyridines is 1. The minimum absolute atomic E-state index is 0.124. The summed E-state index contributed by atoms with van der Waals surface area (Å²) in [6, 6.07) is 14.2. The van der Waals surface area contributed by atoms with Crippen molar-refractivity contribution in [1.29, 1.82) is 0 Å². The van der Waals surface area contributed by atoms with E-state index in [9.17, 15) is 14.7 Å². The van der Waals surface area contributed by atoms with Gasteiger partial charge in [0.15, 0.2) is 6.04 Å². The van der Waals surface area contributed by atoms with Crippen LogP contribution in [0.1, 0.15) is 5.56 Å². The second-order valence-corrected chi connectivity index (χ2v) is 6.75. The molecule has 3 N–H and O–H groups in total. The van der Waals surface area contributed by atoms with Crippen LogP contribution in [-0.4, -0.2) is 26.7 Å². The fourth-order valence-electron chi connectivity index (χ4n) is 3.39. The summed E-state index contributed by atoms with van der Waals surface area (Å²) in [5.41, 5.74) is 2.70. The lowest BCUT2D eigenvalue weighted by atomic mass is 10.1. The van der Waals surface area contributed by atoms with E-state index in [2.05, 4.69) is 10.6 Å². The van der Waals surface area contributed by atoms with Crippen LogP contribution in [0.3, 0.4) is 0 Å². The van der Waals surface area contributed by atoms with Gasteiger partial charge in [0.05, 0.1) is 10.9 Å². The standard InChI is InChI=1S/C22H20N4O3/c1-26-20(14-7-3-2-4-8-14)25-18-15(9-5-10-16(18)21(26)27)13-24-17-11-6-12-23-19(17)22(28)29/h2-12,19,23-24H,13H2,1H3,(H,28,29). The number of nitrogens with one attached hydrogen (secondary N) is 2. The fourth-order valence-corrected chi connectivity index (χ4v) is 3.39. The molecule has 0 saturated carbocycles. The molecule has 1 aliphatic rings. The highest BCUT2D eigenvalue weighted by molar-refractivity contribution is 5.83. The lowest BCUT2D eigenvalue weighted by Gasteiger charge is -2.21. The van der Waals surface area contributed by atoms with Crippen LogP contribution in [-0.2, 0) is 18.4 Å². The van der Waals surface area contributed by atoms with Crippen LogP contribution < -0.4 is 16.2 Å². The molecule has 0 fully saturated rings. The molecule has 1 unspecified atom stereocenters. The van der Waals surface area contributed by atoms with Gasteiger partial charge in [0.25, 0.3) is 5.56 Å². The summed E-state index contributed by atoms with van der Waals surface area (Å²) in [7, 11) is 1.71. The van der Waals surface area contributed by atoms with E-state index in [1.165, 1.54) is 0 Å². The van der Waals surface area contributed by atoms with E-state index < -0.39 is 12.0 Å². The molecule has 1 aliphatic heterocycles. The zero-order valence-electron chi connectivity index (χ0n) is 15.8. The van der Waals surface area contributed by atoms with Crippen molar-refractivity contribution < 1.29 is 9.90 Å². The zero-order valence-corrected chi connectivity index (χ0v) is 15.8. The average molecular weight is 388 g/mol. The molecule has 0 radical (unpaired) electrons. The van der Waals surface area contributed by atoms with Gasteiger partial charge in [0.2, 0.25) is 0 Å². The van der Waals surface area contributed by atoms with Crippen LogP contribution in [0.25, 0.3) is 22.3 Å². The van der Waals surface area contributed by atoms with Gasteiger partial charge in [-0.05, 0) is 30.0 Å². The normalized spacial score (nSPS) is 15.6. The molecular formula is C22H20N4O3. The Kier molecular flexibility index (Phi) is 4.87. The Bertz CT molecular complexity index is 1200. The number of nitrogens with zero attached hydrogens (tertiary/aromatic N) is 2. The minimum Gasteiger partial charge on any atom is -0.479 e. The molecule has 2 heterocycles. The van der Waals surface area contributed by atoms with Crippen LogP contribution in [0.5, 0.6) is 0 Å². The number of benzene rings is 2. The summed E-state index contributed by atoms with van der Waals surface area (Å²) in [5.74, 6) is -0.384. The van der Waals surface area contributed by atoms with Gasteiger partial charge in [-0.1, -0.05) is 42.5 Å². The zero-order chi connectivity index (χ0) is 20.4. The van der Waals surface area contributed by atoms with Gasteiger partial charge in [0, 0.05) is 24.9 Å². The first-order valence-corrected chi connectivity index (χ1v) is 9.20. The summed E-state index contributed by atoms with van der Waals surface area (Å²) in [6.07, 6.45) is 5.06. The number of aliphatic carboxylic acids is 1. The fraction of sp³-hybridized carbons (Fsp3) is 0.136. The second kappa shape index (κ2) is 7.63. The van der Waals surface area contributed by atoms with Crippen molar-refractivity contribution in [2.75, 3.05) is 0 Å². The Morgan fingerprint density at radius 2 is 2.00 bits per heavy atom. The number of carbonyl (C=O) groups is 1. The van der Waals surface area contributed by atoms with E-state index >= 15 is 0 Å². The quantitative estimate of drug-likeness (QED) is 0.620. The first-order chi connectivity index (χ1) is 14.1. The molecule has 1 atom stereocenters. The first-order valence-electron chi connectivity index (χ1n) is 9.20. The molecule has 1 aromatic heterocycles. The van der Waals surface area contributed by atoms with Gasteiger partial charge in [0.1, 0.15) is 5.82 Å². The third-order valence-electron chi connectivity index (χ3n) is 4.90. The van der Waals surface area contributed by atoms with Crippen molar-refractivity contribution in [1.82, 2.24) is 20.2 Å². The summed E-state index contributed by atoms with van der Waals surface area (Å²) in [5, 5.41) is 15.9. The maximum atomic E-state index is 12.9. The van der Waals surface area contributed by atoms with Crippen molar-refractivity contribution in [3.05, 3.63) is 88.5 Å². The van der Waals surface area contributed by atoms with Crippen LogP contribution in [0.2, 0.25) is 0 Å². The molecule has 29 heavy (non-hydrogen) atoms. The number of fused-ring (bicyclic) bond motifs is 1. The SMILES string of the molecule is Cn1c(-c2ccccc2)nc2c(CNC3=CC=CNC3C(=O)O)cccc2c1=O. The van der Waals surface area contributed by atoms with Crippen molar-refractivity contribution in [2.45, 2.75) is 12.6 Å². The minimum atomic E-state index is -0.968. The van der Waals surface area contributed by atoms with Gasteiger partial charge >= 0.3 is 5.97 Å². The van der Waals surface area contributed by atoms with Gasteiger partial charge in [-0.25, -0.2) is 9.78 Å². The molecule has 146 valence electrons. The highest BCUT2D eigenvalue weighted by atomic mass is 16.4. The van der Waals surface area contributed by atoms with Crippen LogP contribution in [0, 0.1) is 0 Å². The van der Waals surface area contributed by atoms with Gasteiger partial charge in [-0.15, -0.1) is 0 Å². The number of carboxylic acids is 1. The smallest absolute Gasteiger partial charge is 0.332 e. The molecule has 0 bridgehead atoms. The Labute approximate surface area is 167 Å². The molecule has 4 rings (SSSR count). The molecule has 0 amide bonds. The average Bonchev–Trinajstić information content (AvgIpc) is 2.75. The largest absolute Gasteiger partial charge is 0.479 e. The number of rotatable bonds is 5. The van der Waals surface area contributed by atoms with Crippen molar-refractivity contribution in [2.24, 2.45) is 7.05 Å². The summed E-state index contributed by atoms with van der Waals surface area (Å²) in [4.78, 5) is 29.1. The maximum Gasteiger partial charge on any atom is 0.332 e.